The van der Waals surface area contributed by atoms with Gasteiger partial charge in [-0.25, -0.2) is 9.59 Å². The molecule has 0 spiro atoms. The summed E-state index contributed by atoms with van der Waals surface area (Å²) >= 11 is 0. The highest BCUT2D eigenvalue weighted by Crippen LogP contribution is 2.19. The number of allylic oxidation sites excluding steroid dienone is 4. The molecule has 40 heavy (non-hydrogen) atoms. The van der Waals surface area contributed by atoms with E-state index in [-0.39, 0.29) is 24.3 Å². The van der Waals surface area contributed by atoms with Gasteiger partial charge in [0.15, 0.2) is 0 Å². The predicted octanol–water partition coefficient (Wildman–Crippen LogP) is 8.64. The molecule has 1 rings (SSSR count). The van der Waals surface area contributed by atoms with Gasteiger partial charge in [0.2, 0.25) is 0 Å². The third-order valence-corrected chi connectivity index (χ3v) is 7.36. The summed E-state index contributed by atoms with van der Waals surface area (Å²) in [6, 6.07) is 3.22. The number of carbonyl (C=O) groups is 2. The van der Waals surface area contributed by atoms with Gasteiger partial charge in [-0.2, -0.15) is 8.42 Å². The minimum atomic E-state index is -4.56. The van der Waals surface area contributed by atoms with Crippen molar-refractivity contribution in [3.05, 3.63) is 53.6 Å². The van der Waals surface area contributed by atoms with E-state index in [9.17, 15) is 22.6 Å². The summed E-state index contributed by atoms with van der Waals surface area (Å²) in [5.41, 5.74) is -0.309. The van der Waals surface area contributed by atoms with Crippen LogP contribution in [0.3, 0.4) is 0 Å². The maximum absolute atomic E-state index is 12.7. The van der Waals surface area contributed by atoms with Crippen LogP contribution < -0.4 is 0 Å². The summed E-state index contributed by atoms with van der Waals surface area (Å²) in [5.74, 6) is -1.54. The smallest absolute Gasteiger partial charge is 0.339 e. The Morgan fingerprint density at radius 1 is 0.650 bits per heavy atom. The van der Waals surface area contributed by atoms with Gasteiger partial charge in [-0.05, 0) is 69.6 Å². The number of rotatable bonds is 23. The monoisotopic (exact) mass is 578 g/mol. The molecule has 8 heteroatoms. The molecule has 0 fully saturated rings. The second-order valence-electron chi connectivity index (χ2n) is 10.1. The quantitative estimate of drug-likeness (QED) is 0.0599. The second kappa shape index (κ2) is 22.3. The molecule has 1 aromatic rings. The molecule has 226 valence electrons. The van der Waals surface area contributed by atoms with Crippen LogP contribution in [0.4, 0.5) is 0 Å². The number of unbranched alkanes of at least 4 members (excludes halogenated alkanes) is 12. The fraction of sp³-hybridized carbons (Fsp3) is 0.625. The van der Waals surface area contributed by atoms with Gasteiger partial charge >= 0.3 is 11.9 Å². The standard InChI is InChI=1S/C32H50O7S/c1-3-5-7-9-11-13-15-17-19-21-25-38-31(33)29-24-23-28(40(35,36)37)27-30(29)32(34)39-26-22-20-18-16-14-12-10-8-6-4-2/h9-12,23-24,27H,3-8,13-22,25-26H2,1-2H3,(H,35,36,37)/b11-9+,12-10+. The van der Waals surface area contributed by atoms with Crippen LogP contribution in [0.25, 0.3) is 0 Å². The molecule has 0 bridgehead atoms. The van der Waals surface area contributed by atoms with E-state index in [1.165, 1.54) is 31.7 Å². The highest BCUT2D eigenvalue weighted by Gasteiger charge is 2.23. The van der Waals surface area contributed by atoms with Crippen molar-refractivity contribution in [1.29, 1.82) is 0 Å². The van der Waals surface area contributed by atoms with Crippen molar-refractivity contribution in [3.8, 4) is 0 Å². The Balaban J connectivity index is 2.50. The number of hydrogen-bond donors (Lipinski definition) is 1. The summed E-state index contributed by atoms with van der Waals surface area (Å²) in [5, 5.41) is 0. The van der Waals surface area contributed by atoms with E-state index in [1.54, 1.807) is 0 Å². The number of benzene rings is 1. The maximum Gasteiger partial charge on any atom is 0.339 e. The Kier molecular flexibility index (Phi) is 19.8. The fourth-order valence-corrected chi connectivity index (χ4v) is 4.57. The number of carbonyl (C=O) groups excluding carboxylic acids is 2. The maximum atomic E-state index is 12.7. The van der Waals surface area contributed by atoms with Gasteiger partial charge in [-0.1, -0.05) is 89.5 Å². The predicted molar refractivity (Wildman–Crippen MR) is 160 cm³/mol. The first kappa shape index (κ1) is 35.6. The van der Waals surface area contributed by atoms with Gasteiger partial charge in [0.1, 0.15) is 0 Å². The lowest BCUT2D eigenvalue weighted by atomic mass is 10.1. The first-order valence-corrected chi connectivity index (χ1v) is 16.5. The van der Waals surface area contributed by atoms with E-state index in [4.69, 9.17) is 9.47 Å². The molecule has 0 aliphatic heterocycles. The molecule has 0 saturated heterocycles. The highest BCUT2D eigenvalue weighted by molar-refractivity contribution is 7.85. The molecule has 0 atom stereocenters. The van der Waals surface area contributed by atoms with Gasteiger partial charge in [-0.3, -0.25) is 4.55 Å². The molecule has 1 N–H and O–H groups in total. The molecule has 1 aromatic carbocycles. The van der Waals surface area contributed by atoms with E-state index in [0.29, 0.717) is 12.8 Å². The van der Waals surface area contributed by atoms with Crippen LogP contribution in [-0.4, -0.2) is 38.1 Å². The molecular formula is C32H50O7S. The largest absolute Gasteiger partial charge is 0.462 e. The zero-order valence-corrected chi connectivity index (χ0v) is 25.4. The highest BCUT2D eigenvalue weighted by atomic mass is 32.2. The Hall–Kier alpha value is -2.45. The number of ether oxygens (including phenoxy) is 2. The van der Waals surface area contributed by atoms with Crippen molar-refractivity contribution >= 4 is 22.1 Å². The Morgan fingerprint density at radius 2 is 1.07 bits per heavy atom. The van der Waals surface area contributed by atoms with Gasteiger partial charge in [0.25, 0.3) is 10.1 Å². The summed E-state index contributed by atoms with van der Waals surface area (Å²) in [4.78, 5) is 25.0. The first-order valence-electron chi connectivity index (χ1n) is 15.1. The third kappa shape index (κ3) is 16.6. The first-order chi connectivity index (χ1) is 19.3. The molecule has 0 heterocycles. The minimum absolute atomic E-state index is 0.0792. The van der Waals surface area contributed by atoms with E-state index in [0.717, 1.165) is 76.3 Å². The molecule has 0 saturated carbocycles. The Bertz CT molecular complexity index is 1010. The van der Waals surface area contributed by atoms with Gasteiger partial charge < -0.3 is 9.47 Å². The number of esters is 2. The van der Waals surface area contributed by atoms with E-state index in [2.05, 4.69) is 38.2 Å². The summed E-state index contributed by atoms with van der Waals surface area (Å²) in [6.07, 6.45) is 25.4. The lowest BCUT2D eigenvalue weighted by Crippen LogP contribution is -2.16. The van der Waals surface area contributed by atoms with Gasteiger partial charge in [-0.15, -0.1) is 0 Å². The SMILES string of the molecule is CCCC/C=C/CCCCCCOC(=O)c1ccc(S(=O)(=O)O)cc1C(=O)OCCCCCC/C=C/CCCC. The average Bonchev–Trinajstić information content (AvgIpc) is 2.93. The van der Waals surface area contributed by atoms with Crippen molar-refractivity contribution in [3.63, 3.8) is 0 Å². The Morgan fingerprint density at radius 3 is 1.52 bits per heavy atom. The summed E-state index contributed by atoms with van der Waals surface area (Å²) < 4.78 is 43.3. The summed E-state index contributed by atoms with van der Waals surface area (Å²) in [6.45, 7) is 4.72. The Labute approximate surface area is 242 Å². The molecule has 0 radical (unpaired) electrons. The zero-order valence-electron chi connectivity index (χ0n) is 24.6. The van der Waals surface area contributed by atoms with Gasteiger partial charge in [0, 0.05) is 0 Å². The lowest BCUT2D eigenvalue weighted by Gasteiger charge is -2.11. The zero-order chi connectivity index (χ0) is 29.5. The van der Waals surface area contributed by atoms with Crippen LogP contribution in [0.1, 0.15) is 137 Å². The molecule has 0 aliphatic carbocycles. The summed E-state index contributed by atoms with van der Waals surface area (Å²) in [7, 11) is -4.56. The number of hydrogen-bond acceptors (Lipinski definition) is 6. The van der Waals surface area contributed by atoms with Crippen LogP contribution in [0.2, 0.25) is 0 Å². The van der Waals surface area contributed by atoms with E-state index < -0.39 is 27.0 Å². The molecule has 0 amide bonds. The minimum Gasteiger partial charge on any atom is -0.462 e. The van der Waals surface area contributed by atoms with Crippen molar-refractivity contribution in [2.24, 2.45) is 0 Å². The molecule has 0 aliphatic rings. The molecular weight excluding hydrogens is 528 g/mol. The van der Waals surface area contributed by atoms with Crippen molar-refractivity contribution in [1.82, 2.24) is 0 Å². The van der Waals surface area contributed by atoms with Crippen molar-refractivity contribution in [2.45, 2.75) is 121 Å². The van der Waals surface area contributed by atoms with E-state index in [1.807, 2.05) is 0 Å². The lowest BCUT2D eigenvalue weighted by molar-refractivity contribution is 0.0450. The fourth-order valence-electron chi connectivity index (χ4n) is 4.07. The van der Waals surface area contributed by atoms with E-state index >= 15 is 0 Å². The van der Waals surface area contributed by atoms with Crippen LogP contribution in [0, 0.1) is 0 Å². The molecule has 7 nitrogen and oxygen atoms in total. The van der Waals surface area contributed by atoms with Crippen LogP contribution >= 0.6 is 0 Å². The van der Waals surface area contributed by atoms with Gasteiger partial charge in [0.05, 0.1) is 29.2 Å². The van der Waals surface area contributed by atoms with Crippen molar-refractivity contribution < 1.29 is 32.0 Å². The average molecular weight is 579 g/mol. The van der Waals surface area contributed by atoms with Crippen molar-refractivity contribution in [2.75, 3.05) is 13.2 Å². The topological polar surface area (TPSA) is 107 Å². The van der Waals surface area contributed by atoms with Crippen LogP contribution in [-0.2, 0) is 19.6 Å². The molecule has 0 unspecified atom stereocenters. The second-order valence-corrected chi connectivity index (χ2v) is 11.5. The third-order valence-electron chi connectivity index (χ3n) is 6.51. The van der Waals surface area contributed by atoms with Crippen LogP contribution in [0.15, 0.2) is 47.4 Å². The normalized spacial score (nSPS) is 11.9. The molecule has 0 aromatic heterocycles. The van der Waals surface area contributed by atoms with Crippen LogP contribution in [0.5, 0.6) is 0 Å².